The van der Waals surface area contributed by atoms with Gasteiger partial charge >= 0.3 is 0 Å². The molecule has 113 heavy (non-hydrogen) atoms. The maximum absolute atomic E-state index is 12.2. The number of carbonyl (C=O) groups excluding carboxylic acids is 4. The Morgan fingerprint density at radius 3 is 1.39 bits per heavy atom. The maximum Gasteiger partial charge on any atom is 0.251 e. The second kappa shape index (κ2) is 34.4. The lowest BCUT2D eigenvalue weighted by atomic mass is 10.0. The van der Waals surface area contributed by atoms with Crippen molar-refractivity contribution >= 4 is 154 Å². The Balaban J connectivity index is 0.000000141. The van der Waals surface area contributed by atoms with E-state index in [-0.39, 0.29) is 66.9 Å². The number of hydrogen-bond acceptors (Lipinski definition) is 23. The molecule has 10 heterocycles. The van der Waals surface area contributed by atoms with Gasteiger partial charge < -0.3 is 90.4 Å². The summed E-state index contributed by atoms with van der Waals surface area (Å²) < 4.78 is 35.1. The standard InChI is InChI=1S/C28H27ClN6O5.C27H26ClN7O3.C25H25ClN6O3/c1-15-32-22-5-2-16(13-23(22)39-15)19-14-31-25-24(19)27(40-18-6-10-38-11-7-18)35-28(34-25)33-21-4-3-17(12-20(21)29)26(37)30-8-9-36;1-14-31-21-6-3-15(12-22(21)38-14)18-13-30-24-23(18)25(32-17-7-9-37-10-8-17)35-27(34-24)33-20-5-4-16(11-19(20)28)26(36)29-2;1-13(2)35-24-20-17(14-5-7-15(8-6-14)22(33)27-3)12-29-21(20)31-25(32-24)30-19-10-9-16(11-18(19)26)23(34)28-4/h2-5,12-14,18,36H,6-11H2,1H3,(H,30,37)(H2,31,33,34,35);3-6,11-13,17H,7-10H2,1-2H3,(H,29,36)(H3,30,32,33,34,35);5-13H,1-4H3,(H,27,33)(H,28,34)(H2,29,30,31,32). The van der Waals surface area contributed by atoms with Gasteiger partial charge in [-0.05, 0) is 134 Å². The molecule has 0 unspecified atom stereocenters. The van der Waals surface area contributed by atoms with Gasteiger partial charge in [0.05, 0.1) is 74.2 Å². The number of nitrogens with zero attached hydrogens (tertiary/aromatic N) is 8. The number of ether oxygens (including phenoxy) is 4. The summed E-state index contributed by atoms with van der Waals surface area (Å²) in [7, 11) is 4.73. The van der Waals surface area contributed by atoms with Crippen molar-refractivity contribution in [3.63, 3.8) is 0 Å². The van der Waals surface area contributed by atoms with Crippen molar-refractivity contribution in [2.75, 3.05) is 82.0 Å². The molecule has 6 aromatic carbocycles. The molecule has 33 heteroatoms. The average molecular weight is 1590 g/mol. The molecule has 2 fully saturated rings. The first-order valence-corrected chi connectivity index (χ1v) is 37.4. The number of fused-ring (bicyclic) bond motifs is 5. The fourth-order valence-corrected chi connectivity index (χ4v) is 13.6. The Labute approximate surface area is 660 Å². The van der Waals surface area contributed by atoms with Crippen LogP contribution in [-0.2, 0) is 9.47 Å². The molecule has 4 amide bonds. The molecule has 30 nitrogen and oxygen atoms in total. The van der Waals surface area contributed by atoms with Crippen LogP contribution in [0.15, 0.2) is 143 Å². The first kappa shape index (κ1) is 77.3. The van der Waals surface area contributed by atoms with E-state index in [1.807, 2.05) is 94.8 Å². The summed E-state index contributed by atoms with van der Waals surface area (Å²) in [6.07, 6.45) is 8.71. The van der Waals surface area contributed by atoms with Crippen molar-refractivity contribution in [2.24, 2.45) is 0 Å². The minimum atomic E-state index is -0.329. The monoisotopic (exact) mass is 1590 g/mol. The van der Waals surface area contributed by atoms with E-state index in [4.69, 9.17) is 87.6 Å². The van der Waals surface area contributed by atoms with Crippen molar-refractivity contribution < 1.29 is 52.1 Å². The number of anilines is 7. The van der Waals surface area contributed by atoms with Gasteiger partial charge in [-0.15, -0.1) is 0 Å². The Morgan fingerprint density at radius 2 is 0.912 bits per heavy atom. The number of halogens is 3. The van der Waals surface area contributed by atoms with Crippen LogP contribution >= 0.6 is 34.8 Å². The second-order valence-corrected chi connectivity index (χ2v) is 27.8. The number of aromatic amines is 3. The van der Waals surface area contributed by atoms with E-state index in [1.54, 1.807) is 87.9 Å². The lowest BCUT2D eigenvalue weighted by molar-refractivity contribution is 0.0244. The van der Waals surface area contributed by atoms with Crippen LogP contribution in [0.3, 0.4) is 0 Å². The number of H-pyrrole nitrogens is 3. The molecule has 2 aliphatic heterocycles. The number of aromatic nitrogens is 11. The summed E-state index contributed by atoms with van der Waals surface area (Å²) in [5, 5.41) is 35.8. The molecule has 0 radical (unpaired) electrons. The lowest BCUT2D eigenvalue weighted by Gasteiger charge is -2.24. The predicted molar refractivity (Wildman–Crippen MR) is 434 cm³/mol. The van der Waals surface area contributed by atoms with Gasteiger partial charge in [0.1, 0.15) is 39.9 Å². The molecule has 0 spiro atoms. The SMILES string of the molecule is CNC(=O)c1ccc(-c2c[nH]c3nc(Nc4ccc(C(=O)NC)cc4Cl)nc(OC(C)C)c23)cc1.CNC(=O)c1ccc(Nc2nc(NC3CCOCC3)c3c(-c4ccc5nc(C)oc5c4)c[nH]c3n2)c(Cl)c1.Cc1nc2ccc(-c3c[nH]c4nc(Nc5ccc(C(=O)NCCO)cc5Cl)nc(OC5CCOCC5)c34)cc2o1. The molecule has 0 atom stereocenters. The Kier molecular flexibility index (Phi) is 23.6. The molecule has 0 bridgehead atoms. The molecule has 580 valence electrons. The zero-order valence-electron chi connectivity index (χ0n) is 62.2. The number of aliphatic hydroxyl groups excluding tert-OH is 1. The minimum absolute atomic E-state index is 0.0536. The first-order valence-electron chi connectivity index (χ1n) is 36.3. The smallest absolute Gasteiger partial charge is 0.251 e. The highest BCUT2D eigenvalue weighted by Gasteiger charge is 2.26. The normalized spacial score (nSPS) is 13.1. The quantitative estimate of drug-likeness (QED) is 0.0318. The number of rotatable bonds is 21. The van der Waals surface area contributed by atoms with E-state index >= 15 is 0 Å². The molecule has 0 aliphatic carbocycles. The van der Waals surface area contributed by atoms with Crippen LogP contribution < -0.4 is 52.0 Å². The third-order valence-corrected chi connectivity index (χ3v) is 19.4. The highest BCUT2D eigenvalue weighted by molar-refractivity contribution is 6.34. The zero-order chi connectivity index (χ0) is 79.0. The molecule has 12 N–H and O–H groups in total. The molecule has 2 saturated heterocycles. The summed E-state index contributed by atoms with van der Waals surface area (Å²) in [6, 6.07) is 34.1. The van der Waals surface area contributed by atoms with E-state index < -0.39 is 0 Å². The van der Waals surface area contributed by atoms with E-state index in [0.717, 1.165) is 91.8 Å². The predicted octanol–water partition coefficient (Wildman–Crippen LogP) is 14.7. The van der Waals surface area contributed by atoms with Crippen molar-refractivity contribution in [1.82, 2.24) is 76.1 Å². The molecule has 8 aromatic heterocycles. The topological polar surface area (TPSA) is 398 Å². The fourth-order valence-electron chi connectivity index (χ4n) is 12.9. The number of benzene rings is 6. The first-order chi connectivity index (χ1) is 54.8. The molecule has 2 aliphatic rings. The summed E-state index contributed by atoms with van der Waals surface area (Å²) in [5.41, 5.74) is 13.8. The number of nitrogens with one attached hydrogen (secondary N) is 11. The molecule has 16 rings (SSSR count). The highest BCUT2D eigenvalue weighted by Crippen LogP contribution is 2.41. The van der Waals surface area contributed by atoms with E-state index in [0.29, 0.717) is 139 Å². The number of amides is 4. The Hall–Kier alpha value is -12.5. The van der Waals surface area contributed by atoms with Gasteiger partial charge in [-0.2, -0.15) is 29.9 Å². The number of carbonyl (C=O) groups is 4. The number of hydrogen-bond donors (Lipinski definition) is 12. The summed E-state index contributed by atoms with van der Waals surface area (Å²) in [6.45, 7) is 10.1. The molecular formula is C80H78Cl3N19O11. The third-order valence-electron chi connectivity index (χ3n) is 18.5. The van der Waals surface area contributed by atoms with Crippen molar-refractivity contribution in [3.05, 3.63) is 183 Å². The van der Waals surface area contributed by atoms with Crippen LogP contribution in [-0.4, -0.2) is 163 Å². The van der Waals surface area contributed by atoms with Crippen LogP contribution in [0.25, 0.3) is 88.7 Å². The lowest BCUT2D eigenvalue weighted by Crippen LogP contribution is -2.28. The van der Waals surface area contributed by atoms with E-state index in [9.17, 15) is 19.2 Å². The van der Waals surface area contributed by atoms with Gasteiger partial charge in [0, 0.05) is 131 Å². The van der Waals surface area contributed by atoms with Gasteiger partial charge in [0.25, 0.3) is 23.6 Å². The van der Waals surface area contributed by atoms with Gasteiger partial charge in [0.15, 0.2) is 22.9 Å². The number of aliphatic hydroxyl groups is 1. The maximum atomic E-state index is 12.2. The zero-order valence-corrected chi connectivity index (χ0v) is 64.5. The summed E-state index contributed by atoms with van der Waals surface area (Å²) in [5.74, 6) is 2.77. The Morgan fingerprint density at radius 1 is 0.496 bits per heavy atom. The van der Waals surface area contributed by atoms with Gasteiger partial charge in [-0.25, -0.2) is 9.97 Å². The minimum Gasteiger partial charge on any atom is -0.474 e. The average Bonchev–Trinajstić information content (AvgIpc) is 1.65. The van der Waals surface area contributed by atoms with Crippen molar-refractivity contribution in [2.45, 2.75) is 71.6 Å². The largest absolute Gasteiger partial charge is 0.474 e. The highest BCUT2D eigenvalue weighted by atomic mass is 35.5. The van der Waals surface area contributed by atoms with Gasteiger partial charge in [-0.3, -0.25) is 19.2 Å². The van der Waals surface area contributed by atoms with Gasteiger partial charge in [0.2, 0.25) is 29.6 Å². The second-order valence-electron chi connectivity index (χ2n) is 26.6. The molecule has 0 saturated carbocycles. The Bertz CT molecular complexity index is 5870. The number of oxazole rings is 2. The van der Waals surface area contributed by atoms with Crippen LogP contribution in [0, 0.1) is 13.8 Å². The summed E-state index contributed by atoms with van der Waals surface area (Å²) in [4.78, 5) is 94.7. The van der Waals surface area contributed by atoms with Crippen molar-refractivity contribution in [3.8, 4) is 45.1 Å². The van der Waals surface area contributed by atoms with E-state index in [1.165, 1.54) is 0 Å². The van der Waals surface area contributed by atoms with Crippen LogP contribution in [0.2, 0.25) is 15.1 Å². The van der Waals surface area contributed by atoms with Crippen LogP contribution in [0.4, 0.5) is 40.7 Å². The van der Waals surface area contributed by atoms with Crippen LogP contribution in [0.5, 0.6) is 11.8 Å². The van der Waals surface area contributed by atoms with Crippen molar-refractivity contribution in [1.29, 1.82) is 0 Å². The number of aryl methyl sites for hydroxylation is 2. The van der Waals surface area contributed by atoms with Gasteiger partial charge in [-0.1, -0.05) is 59.1 Å². The third kappa shape index (κ3) is 17.7. The van der Waals surface area contributed by atoms with Crippen LogP contribution in [0.1, 0.15) is 92.7 Å². The summed E-state index contributed by atoms with van der Waals surface area (Å²) >= 11 is 19.4. The fraction of sp³-hybridized carbons (Fsp3) is 0.250. The molecular weight excluding hydrogens is 1510 g/mol. The van der Waals surface area contributed by atoms with E-state index in [2.05, 4.69) is 77.4 Å². The molecule has 14 aromatic rings.